The SMILES string of the molecule is CCCNCc1cccc(Cl)c1-n1cc(C)cn1. The monoisotopic (exact) mass is 263 g/mol. The van der Waals surface area contributed by atoms with E-state index >= 15 is 0 Å². The fourth-order valence-electron chi connectivity index (χ4n) is 1.89. The summed E-state index contributed by atoms with van der Waals surface area (Å²) >= 11 is 6.30. The molecule has 0 unspecified atom stereocenters. The van der Waals surface area contributed by atoms with Crippen molar-refractivity contribution in [3.8, 4) is 5.69 Å². The zero-order chi connectivity index (χ0) is 13.0. The van der Waals surface area contributed by atoms with Crippen molar-refractivity contribution in [2.24, 2.45) is 0 Å². The summed E-state index contributed by atoms with van der Waals surface area (Å²) in [5.74, 6) is 0. The number of aromatic nitrogens is 2. The van der Waals surface area contributed by atoms with E-state index in [1.807, 2.05) is 36.1 Å². The maximum atomic E-state index is 6.30. The summed E-state index contributed by atoms with van der Waals surface area (Å²) < 4.78 is 1.85. The predicted octanol–water partition coefficient (Wildman–Crippen LogP) is 3.33. The molecule has 2 rings (SSSR count). The Morgan fingerprint density at radius 3 is 2.89 bits per heavy atom. The van der Waals surface area contributed by atoms with Crippen LogP contribution in [0, 0.1) is 6.92 Å². The number of hydrogen-bond donors (Lipinski definition) is 1. The molecule has 0 spiro atoms. The van der Waals surface area contributed by atoms with E-state index in [-0.39, 0.29) is 0 Å². The molecule has 1 aromatic carbocycles. The van der Waals surface area contributed by atoms with Crippen molar-refractivity contribution in [1.29, 1.82) is 0 Å². The minimum absolute atomic E-state index is 0.730. The third-order valence-electron chi connectivity index (χ3n) is 2.75. The highest BCUT2D eigenvalue weighted by atomic mass is 35.5. The summed E-state index contributed by atoms with van der Waals surface area (Å²) in [6.07, 6.45) is 4.95. The molecule has 96 valence electrons. The van der Waals surface area contributed by atoms with Gasteiger partial charge in [0.25, 0.3) is 0 Å². The predicted molar refractivity (Wildman–Crippen MR) is 75.3 cm³/mol. The Hall–Kier alpha value is -1.32. The van der Waals surface area contributed by atoms with Gasteiger partial charge in [0.1, 0.15) is 0 Å². The van der Waals surface area contributed by atoms with Crippen molar-refractivity contribution < 1.29 is 0 Å². The Morgan fingerprint density at radius 1 is 1.39 bits per heavy atom. The fourth-order valence-corrected chi connectivity index (χ4v) is 2.17. The number of aryl methyl sites for hydroxylation is 1. The van der Waals surface area contributed by atoms with Gasteiger partial charge in [0, 0.05) is 12.7 Å². The summed E-state index contributed by atoms with van der Waals surface area (Å²) in [4.78, 5) is 0. The number of benzene rings is 1. The van der Waals surface area contributed by atoms with Crippen LogP contribution in [-0.2, 0) is 6.54 Å². The van der Waals surface area contributed by atoms with Crippen LogP contribution < -0.4 is 5.32 Å². The molecule has 0 radical (unpaired) electrons. The maximum Gasteiger partial charge on any atom is 0.0876 e. The number of nitrogens with one attached hydrogen (secondary N) is 1. The Kier molecular flexibility index (Phi) is 4.39. The molecular formula is C14H18ClN3. The van der Waals surface area contributed by atoms with Gasteiger partial charge in [-0.15, -0.1) is 0 Å². The number of para-hydroxylation sites is 1. The van der Waals surface area contributed by atoms with Gasteiger partial charge >= 0.3 is 0 Å². The van der Waals surface area contributed by atoms with E-state index in [0.29, 0.717) is 0 Å². The molecule has 18 heavy (non-hydrogen) atoms. The summed E-state index contributed by atoms with van der Waals surface area (Å²) in [6, 6.07) is 5.96. The molecule has 0 bridgehead atoms. The topological polar surface area (TPSA) is 29.9 Å². The Labute approximate surface area is 113 Å². The van der Waals surface area contributed by atoms with Crippen LogP contribution >= 0.6 is 11.6 Å². The largest absolute Gasteiger partial charge is 0.313 e. The van der Waals surface area contributed by atoms with Crippen LogP contribution in [0.25, 0.3) is 5.69 Å². The summed E-state index contributed by atoms with van der Waals surface area (Å²) in [5, 5.41) is 8.47. The highest BCUT2D eigenvalue weighted by Gasteiger charge is 2.09. The smallest absolute Gasteiger partial charge is 0.0876 e. The van der Waals surface area contributed by atoms with Gasteiger partial charge in [-0.3, -0.25) is 0 Å². The van der Waals surface area contributed by atoms with Crippen molar-refractivity contribution in [1.82, 2.24) is 15.1 Å². The third kappa shape index (κ3) is 2.92. The van der Waals surface area contributed by atoms with Crippen LogP contribution in [0.5, 0.6) is 0 Å². The molecule has 2 aromatic rings. The maximum absolute atomic E-state index is 6.30. The molecule has 0 aliphatic carbocycles. The molecule has 0 saturated heterocycles. The van der Waals surface area contributed by atoms with E-state index in [0.717, 1.165) is 35.8 Å². The molecule has 4 heteroatoms. The van der Waals surface area contributed by atoms with Crippen molar-refractivity contribution in [2.45, 2.75) is 26.8 Å². The van der Waals surface area contributed by atoms with Crippen molar-refractivity contribution in [3.05, 3.63) is 46.7 Å². The first-order chi connectivity index (χ1) is 8.72. The van der Waals surface area contributed by atoms with Gasteiger partial charge in [0.15, 0.2) is 0 Å². The van der Waals surface area contributed by atoms with Crippen LogP contribution in [-0.4, -0.2) is 16.3 Å². The molecule has 0 fully saturated rings. The van der Waals surface area contributed by atoms with Crippen LogP contribution in [0.1, 0.15) is 24.5 Å². The van der Waals surface area contributed by atoms with Crippen molar-refractivity contribution in [3.63, 3.8) is 0 Å². The molecular weight excluding hydrogens is 246 g/mol. The highest BCUT2D eigenvalue weighted by Crippen LogP contribution is 2.24. The molecule has 0 atom stereocenters. The number of halogens is 1. The summed E-state index contributed by atoms with van der Waals surface area (Å²) in [6.45, 7) is 5.99. The fraction of sp³-hybridized carbons (Fsp3) is 0.357. The minimum atomic E-state index is 0.730. The zero-order valence-electron chi connectivity index (χ0n) is 10.8. The Morgan fingerprint density at radius 2 is 2.22 bits per heavy atom. The van der Waals surface area contributed by atoms with E-state index < -0.39 is 0 Å². The lowest BCUT2D eigenvalue weighted by Gasteiger charge is -2.12. The summed E-state index contributed by atoms with van der Waals surface area (Å²) in [7, 11) is 0. The van der Waals surface area contributed by atoms with Gasteiger partial charge in [-0.25, -0.2) is 4.68 Å². The van der Waals surface area contributed by atoms with E-state index in [1.165, 1.54) is 5.56 Å². The highest BCUT2D eigenvalue weighted by molar-refractivity contribution is 6.32. The van der Waals surface area contributed by atoms with Crippen LogP contribution in [0.15, 0.2) is 30.6 Å². The van der Waals surface area contributed by atoms with Gasteiger partial charge < -0.3 is 5.32 Å². The molecule has 0 aliphatic rings. The lowest BCUT2D eigenvalue weighted by atomic mass is 10.1. The second kappa shape index (κ2) is 6.03. The molecule has 3 nitrogen and oxygen atoms in total. The molecule has 1 heterocycles. The summed E-state index contributed by atoms with van der Waals surface area (Å²) in [5.41, 5.74) is 3.26. The van der Waals surface area contributed by atoms with E-state index in [1.54, 1.807) is 0 Å². The molecule has 1 aromatic heterocycles. The molecule has 1 N–H and O–H groups in total. The normalized spacial score (nSPS) is 10.8. The van der Waals surface area contributed by atoms with E-state index in [4.69, 9.17) is 11.6 Å². The van der Waals surface area contributed by atoms with Gasteiger partial charge in [-0.05, 0) is 37.1 Å². The minimum Gasteiger partial charge on any atom is -0.313 e. The first-order valence-electron chi connectivity index (χ1n) is 6.22. The molecule has 0 aliphatic heterocycles. The van der Waals surface area contributed by atoms with Crippen LogP contribution in [0.2, 0.25) is 5.02 Å². The average Bonchev–Trinajstić information content (AvgIpc) is 2.76. The lowest BCUT2D eigenvalue weighted by Crippen LogP contribution is -2.15. The van der Waals surface area contributed by atoms with Crippen LogP contribution in [0.3, 0.4) is 0 Å². The van der Waals surface area contributed by atoms with Crippen LogP contribution in [0.4, 0.5) is 0 Å². The second-order valence-corrected chi connectivity index (χ2v) is 4.79. The third-order valence-corrected chi connectivity index (χ3v) is 3.06. The number of rotatable bonds is 5. The second-order valence-electron chi connectivity index (χ2n) is 4.39. The standard InChI is InChI=1S/C14H18ClN3/c1-3-7-16-9-12-5-4-6-13(15)14(12)18-10-11(2)8-17-18/h4-6,8,10,16H,3,7,9H2,1-2H3. The van der Waals surface area contributed by atoms with E-state index in [9.17, 15) is 0 Å². The van der Waals surface area contributed by atoms with Gasteiger partial charge in [0.2, 0.25) is 0 Å². The van der Waals surface area contributed by atoms with Gasteiger partial charge in [-0.1, -0.05) is 30.7 Å². The lowest BCUT2D eigenvalue weighted by molar-refractivity contribution is 0.670. The Balaban J connectivity index is 2.32. The number of nitrogens with zero attached hydrogens (tertiary/aromatic N) is 2. The number of hydrogen-bond acceptors (Lipinski definition) is 2. The van der Waals surface area contributed by atoms with Crippen molar-refractivity contribution in [2.75, 3.05) is 6.54 Å². The van der Waals surface area contributed by atoms with E-state index in [2.05, 4.69) is 23.4 Å². The zero-order valence-corrected chi connectivity index (χ0v) is 11.5. The molecule has 0 saturated carbocycles. The van der Waals surface area contributed by atoms with Crippen molar-refractivity contribution >= 4 is 11.6 Å². The quantitative estimate of drug-likeness (QED) is 0.839. The Bertz CT molecular complexity index is 520. The molecule has 0 amide bonds. The first kappa shape index (κ1) is 13.1. The van der Waals surface area contributed by atoms with Gasteiger partial charge in [0.05, 0.1) is 16.9 Å². The average molecular weight is 264 g/mol. The van der Waals surface area contributed by atoms with Gasteiger partial charge in [-0.2, -0.15) is 5.10 Å². The first-order valence-corrected chi connectivity index (χ1v) is 6.60.